The van der Waals surface area contributed by atoms with Crippen LogP contribution in [0.15, 0.2) is 30.3 Å². The van der Waals surface area contributed by atoms with E-state index >= 15 is 0 Å². The first-order valence-corrected chi connectivity index (χ1v) is 6.38. The van der Waals surface area contributed by atoms with E-state index < -0.39 is 5.60 Å². The monoisotopic (exact) mass is 218 g/mol. The number of benzene rings is 1. The minimum absolute atomic E-state index is 0.404. The van der Waals surface area contributed by atoms with Crippen LogP contribution in [-0.4, -0.2) is 10.7 Å². The summed E-state index contributed by atoms with van der Waals surface area (Å²) in [6, 6.07) is 10.4. The minimum atomic E-state index is -0.487. The zero-order chi connectivity index (χ0) is 11.6. The summed E-state index contributed by atoms with van der Waals surface area (Å²) >= 11 is 0. The van der Waals surface area contributed by atoms with Crippen LogP contribution in [0.1, 0.15) is 38.7 Å². The summed E-state index contributed by atoms with van der Waals surface area (Å²) in [6.07, 6.45) is 4.18. The first-order valence-electron chi connectivity index (χ1n) is 6.38. The predicted octanol–water partition coefficient (Wildman–Crippen LogP) is 3.42. The molecule has 1 aliphatic carbocycles. The topological polar surface area (TPSA) is 20.2 Å². The summed E-state index contributed by atoms with van der Waals surface area (Å²) < 4.78 is 0. The fraction of sp³-hybridized carbons (Fsp3) is 0.600. The van der Waals surface area contributed by atoms with Gasteiger partial charge in [-0.2, -0.15) is 0 Å². The average molecular weight is 218 g/mol. The van der Waals surface area contributed by atoms with Crippen LogP contribution >= 0.6 is 0 Å². The molecule has 1 heteroatoms. The molecule has 2 rings (SSSR count). The maximum atomic E-state index is 10.8. The maximum absolute atomic E-state index is 10.8. The van der Waals surface area contributed by atoms with Gasteiger partial charge < -0.3 is 5.11 Å². The van der Waals surface area contributed by atoms with Gasteiger partial charge in [0.05, 0.1) is 5.60 Å². The quantitative estimate of drug-likeness (QED) is 0.806. The molecule has 0 radical (unpaired) electrons. The molecule has 16 heavy (non-hydrogen) atoms. The molecule has 0 bridgehead atoms. The highest BCUT2D eigenvalue weighted by Gasteiger charge is 2.39. The first-order chi connectivity index (χ1) is 7.62. The highest BCUT2D eigenvalue weighted by atomic mass is 16.3. The van der Waals surface area contributed by atoms with E-state index in [9.17, 15) is 5.11 Å². The predicted molar refractivity (Wildman–Crippen MR) is 67.3 cm³/mol. The zero-order valence-electron chi connectivity index (χ0n) is 10.3. The van der Waals surface area contributed by atoms with Gasteiger partial charge in [0.25, 0.3) is 0 Å². The largest absolute Gasteiger partial charge is 0.389 e. The lowest BCUT2D eigenvalue weighted by Gasteiger charge is -2.42. The molecule has 0 spiro atoms. The van der Waals surface area contributed by atoms with Crippen molar-refractivity contribution in [3.05, 3.63) is 35.9 Å². The third-order valence-electron chi connectivity index (χ3n) is 4.32. The van der Waals surface area contributed by atoms with Crippen molar-refractivity contribution < 1.29 is 5.11 Å². The van der Waals surface area contributed by atoms with E-state index in [1.807, 2.05) is 6.07 Å². The molecule has 1 aromatic carbocycles. The molecule has 1 N–H and O–H groups in total. The van der Waals surface area contributed by atoms with Gasteiger partial charge >= 0.3 is 0 Å². The van der Waals surface area contributed by atoms with E-state index in [4.69, 9.17) is 0 Å². The fourth-order valence-corrected chi connectivity index (χ4v) is 2.94. The Balaban J connectivity index is 2.13. The van der Waals surface area contributed by atoms with Crippen molar-refractivity contribution in [3.63, 3.8) is 0 Å². The van der Waals surface area contributed by atoms with E-state index in [1.54, 1.807) is 0 Å². The molecule has 1 fully saturated rings. The van der Waals surface area contributed by atoms with E-state index in [1.165, 1.54) is 12.0 Å². The van der Waals surface area contributed by atoms with Crippen LogP contribution in [0.4, 0.5) is 0 Å². The highest BCUT2D eigenvalue weighted by molar-refractivity contribution is 5.17. The molecular formula is C15H22O. The Morgan fingerprint density at radius 1 is 1.25 bits per heavy atom. The van der Waals surface area contributed by atoms with Crippen LogP contribution < -0.4 is 0 Å². The Morgan fingerprint density at radius 2 is 1.94 bits per heavy atom. The Morgan fingerprint density at radius 3 is 2.62 bits per heavy atom. The maximum Gasteiger partial charge on any atom is 0.0715 e. The summed E-state index contributed by atoms with van der Waals surface area (Å²) in [7, 11) is 0. The van der Waals surface area contributed by atoms with Crippen LogP contribution in [0.25, 0.3) is 0 Å². The second-order valence-corrected chi connectivity index (χ2v) is 5.42. The molecule has 0 aliphatic heterocycles. The average Bonchev–Trinajstić information content (AvgIpc) is 2.27. The van der Waals surface area contributed by atoms with Gasteiger partial charge in [0, 0.05) is 6.42 Å². The third-order valence-corrected chi connectivity index (χ3v) is 4.32. The van der Waals surface area contributed by atoms with Crippen LogP contribution in [0, 0.1) is 11.8 Å². The van der Waals surface area contributed by atoms with Crippen molar-refractivity contribution in [1.29, 1.82) is 0 Å². The molecule has 88 valence electrons. The summed E-state index contributed by atoms with van der Waals surface area (Å²) in [4.78, 5) is 0. The van der Waals surface area contributed by atoms with E-state index in [0.717, 1.165) is 19.3 Å². The van der Waals surface area contributed by atoms with Crippen LogP contribution in [0.5, 0.6) is 0 Å². The van der Waals surface area contributed by atoms with E-state index in [-0.39, 0.29) is 0 Å². The van der Waals surface area contributed by atoms with Gasteiger partial charge in [-0.1, -0.05) is 57.0 Å². The van der Waals surface area contributed by atoms with Crippen LogP contribution in [0.2, 0.25) is 0 Å². The van der Waals surface area contributed by atoms with Crippen molar-refractivity contribution in [1.82, 2.24) is 0 Å². The SMILES string of the molecule is CC1CCCC(O)(Cc2ccccc2)C1C. The molecule has 0 aromatic heterocycles. The van der Waals surface area contributed by atoms with Gasteiger partial charge in [-0.05, 0) is 23.8 Å². The standard InChI is InChI=1S/C15H22O/c1-12-7-6-10-15(16,13(12)2)11-14-8-4-3-5-9-14/h3-5,8-9,12-13,16H,6-7,10-11H2,1-2H3. The number of hydrogen-bond donors (Lipinski definition) is 1. The van der Waals surface area contributed by atoms with Gasteiger partial charge in [0.15, 0.2) is 0 Å². The summed E-state index contributed by atoms with van der Waals surface area (Å²) in [5.41, 5.74) is 0.768. The second-order valence-electron chi connectivity index (χ2n) is 5.42. The van der Waals surface area contributed by atoms with E-state index in [2.05, 4.69) is 38.1 Å². The Labute approximate surface area is 98.5 Å². The molecule has 1 nitrogen and oxygen atoms in total. The first kappa shape index (κ1) is 11.7. The molecule has 0 saturated heterocycles. The van der Waals surface area contributed by atoms with E-state index in [0.29, 0.717) is 11.8 Å². The van der Waals surface area contributed by atoms with Crippen molar-refractivity contribution in [3.8, 4) is 0 Å². The zero-order valence-corrected chi connectivity index (χ0v) is 10.3. The summed E-state index contributed by atoms with van der Waals surface area (Å²) in [5.74, 6) is 1.05. The number of rotatable bonds is 2. The van der Waals surface area contributed by atoms with Crippen LogP contribution in [0.3, 0.4) is 0 Å². The minimum Gasteiger partial charge on any atom is -0.389 e. The Bertz CT molecular complexity index is 333. The molecule has 1 saturated carbocycles. The molecule has 0 heterocycles. The van der Waals surface area contributed by atoms with Gasteiger partial charge in [-0.25, -0.2) is 0 Å². The molecule has 1 aliphatic rings. The normalized spacial score (nSPS) is 34.9. The van der Waals surface area contributed by atoms with Crippen molar-refractivity contribution in [2.24, 2.45) is 11.8 Å². The lowest BCUT2D eigenvalue weighted by Crippen LogP contribution is -2.44. The smallest absolute Gasteiger partial charge is 0.0715 e. The number of hydrogen-bond acceptors (Lipinski definition) is 1. The van der Waals surface area contributed by atoms with Gasteiger partial charge in [0.2, 0.25) is 0 Å². The fourth-order valence-electron chi connectivity index (χ4n) is 2.94. The lowest BCUT2D eigenvalue weighted by atomic mass is 9.68. The number of aliphatic hydroxyl groups is 1. The van der Waals surface area contributed by atoms with Crippen molar-refractivity contribution in [2.75, 3.05) is 0 Å². The molecule has 1 aromatic rings. The van der Waals surface area contributed by atoms with Crippen molar-refractivity contribution in [2.45, 2.75) is 45.1 Å². The molecule has 3 unspecified atom stereocenters. The van der Waals surface area contributed by atoms with Crippen molar-refractivity contribution >= 4 is 0 Å². The second kappa shape index (κ2) is 4.58. The highest BCUT2D eigenvalue weighted by Crippen LogP contribution is 2.39. The van der Waals surface area contributed by atoms with Crippen LogP contribution in [-0.2, 0) is 6.42 Å². The molecule has 0 amide bonds. The third kappa shape index (κ3) is 2.30. The van der Waals surface area contributed by atoms with Gasteiger partial charge in [0.1, 0.15) is 0 Å². The molecule has 3 atom stereocenters. The Hall–Kier alpha value is -0.820. The summed E-state index contributed by atoms with van der Waals surface area (Å²) in [6.45, 7) is 4.46. The lowest BCUT2D eigenvalue weighted by molar-refractivity contribution is -0.0620. The van der Waals surface area contributed by atoms with Gasteiger partial charge in [-0.15, -0.1) is 0 Å². The van der Waals surface area contributed by atoms with Gasteiger partial charge in [-0.3, -0.25) is 0 Å². The molecular weight excluding hydrogens is 196 g/mol. The summed E-state index contributed by atoms with van der Waals surface area (Å²) in [5, 5.41) is 10.8. The Kier molecular flexibility index (Phi) is 3.34.